The van der Waals surface area contributed by atoms with Crippen molar-refractivity contribution in [3.8, 4) is 11.5 Å². The van der Waals surface area contributed by atoms with Gasteiger partial charge in [-0.25, -0.2) is 9.97 Å². The largest absolute Gasteiger partial charge is 0.497 e. The third kappa shape index (κ3) is 5.76. The number of rotatable bonds is 8. The highest BCUT2D eigenvalue weighted by atomic mass is 32.1. The molecule has 27 heavy (non-hydrogen) atoms. The molecule has 2 heterocycles. The first-order chi connectivity index (χ1) is 12.9. The summed E-state index contributed by atoms with van der Waals surface area (Å²) in [5.74, 6) is 1.63. The normalized spacial score (nSPS) is 11.6. The number of nitrogens with zero attached hydrogens (tertiary/aromatic N) is 2. The average Bonchev–Trinajstić information content (AvgIpc) is 3.30. The molecule has 0 saturated heterocycles. The highest BCUT2D eigenvalue weighted by molar-refractivity contribution is 7.10. The monoisotopic (exact) mass is 403 g/mol. The van der Waals surface area contributed by atoms with Crippen LogP contribution in [0.2, 0.25) is 0 Å². The second kappa shape index (κ2) is 8.82. The summed E-state index contributed by atoms with van der Waals surface area (Å²) in [6.45, 7) is 8.51. The van der Waals surface area contributed by atoms with Gasteiger partial charge in [-0.2, -0.15) is 0 Å². The summed E-state index contributed by atoms with van der Waals surface area (Å²) in [5, 5.41) is 9.75. The van der Waals surface area contributed by atoms with Gasteiger partial charge in [0.25, 0.3) is 0 Å². The van der Waals surface area contributed by atoms with Gasteiger partial charge in [-0.3, -0.25) is 0 Å². The third-order valence-electron chi connectivity index (χ3n) is 3.83. The van der Waals surface area contributed by atoms with Gasteiger partial charge in [0.15, 0.2) is 0 Å². The molecule has 5 nitrogen and oxygen atoms in total. The summed E-state index contributed by atoms with van der Waals surface area (Å²) in [6.07, 6.45) is 0. The number of ether oxygens (including phenoxy) is 2. The molecule has 0 amide bonds. The number of hydrogen-bond donors (Lipinski definition) is 1. The zero-order valence-corrected chi connectivity index (χ0v) is 17.7. The molecule has 7 heteroatoms. The first kappa shape index (κ1) is 19.8. The van der Waals surface area contributed by atoms with Gasteiger partial charge in [-0.15, -0.1) is 22.7 Å². The van der Waals surface area contributed by atoms with E-state index in [1.165, 1.54) is 5.01 Å². The maximum Gasteiger partial charge on any atom is 0.140 e. The maximum absolute atomic E-state index is 5.78. The average molecular weight is 404 g/mol. The Hall–Kier alpha value is -1.96. The molecule has 0 radical (unpaired) electrons. The van der Waals surface area contributed by atoms with Crippen LogP contribution < -0.4 is 14.8 Å². The molecule has 0 saturated carbocycles. The van der Waals surface area contributed by atoms with Gasteiger partial charge in [-0.05, 0) is 24.3 Å². The van der Waals surface area contributed by atoms with E-state index < -0.39 is 0 Å². The van der Waals surface area contributed by atoms with Crippen molar-refractivity contribution < 1.29 is 9.47 Å². The van der Waals surface area contributed by atoms with Crippen LogP contribution in [0.15, 0.2) is 35.0 Å². The first-order valence-electron chi connectivity index (χ1n) is 8.80. The molecule has 0 unspecified atom stereocenters. The second-order valence-corrected chi connectivity index (χ2v) is 9.00. The molecule has 1 N–H and O–H groups in total. The SMILES string of the molecule is COc1ccc(OCc2nc(CNCc3csc(C(C)(C)C)n3)cs2)cc1. The summed E-state index contributed by atoms with van der Waals surface area (Å²) in [5.41, 5.74) is 2.22. The number of hydrogen-bond acceptors (Lipinski definition) is 7. The lowest BCUT2D eigenvalue weighted by atomic mass is 9.98. The van der Waals surface area contributed by atoms with Crippen molar-refractivity contribution in [1.29, 1.82) is 0 Å². The van der Waals surface area contributed by atoms with Crippen LogP contribution in [0.1, 0.15) is 42.2 Å². The third-order valence-corrected chi connectivity index (χ3v) is 6.01. The van der Waals surface area contributed by atoms with Gasteiger partial charge in [0, 0.05) is 29.3 Å². The maximum atomic E-state index is 5.78. The molecule has 3 aromatic rings. The van der Waals surface area contributed by atoms with Gasteiger partial charge in [0.05, 0.1) is 23.5 Å². The van der Waals surface area contributed by atoms with E-state index in [-0.39, 0.29) is 5.41 Å². The molecule has 0 bridgehead atoms. The lowest BCUT2D eigenvalue weighted by molar-refractivity contribution is 0.304. The molecule has 3 rings (SSSR count). The minimum atomic E-state index is 0.108. The Bertz CT molecular complexity index is 851. The minimum Gasteiger partial charge on any atom is -0.497 e. The van der Waals surface area contributed by atoms with E-state index >= 15 is 0 Å². The van der Waals surface area contributed by atoms with E-state index in [0.717, 1.165) is 41.0 Å². The standard InChI is InChI=1S/C20H25N3O2S2/c1-20(2,3)19-23-15(13-27-19)10-21-9-14-12-26-18(22-14)11-25-17-7-5-16(24-4)6-8-17/h5-8,12-13,21H,9-11H2,1-4H3. The summed E-state index contributed by atoms with van der Waals surface area (Å²) < 4.78 is 10.9. The topological polar surface area (TPSA) is 56.3 Å². The molecule has 0 atom stereocenters. The fraction of sp³-hybridized carbons (Fsp3) is 0.400. The zero-order chi connectivity index (χ0) is 19.3. The number of aromatic nitrogens is 2. The summed E-state index contributed by atoms with van der Waals surface area (Å²) in [7, 11) is 1.65. The Morgan fingerprint density at radius 2 is 1.56 bits per heavy atom. The highest BCUT2D eigenvalue weighted by Crippen LogP contribution is 2.25. The van der Waals surface area contributed by atoms with Gasteiger partial charge >= 0.3 is 0 Å². The quantitative estimate of drug-likeness (QED) is 0.587. The van der Waals surface area contributed by atoms with Crippen molar-refractivity contribution in [2.45, 2.75) is 45.9 Å². The number of nitrogens with one attached hydrogen (secondary N) is 1. The molecule has 0 spiro atoms. The van der Waals surface area contributed by atoms with Gasteiger partial charge in [-0.1, -0.05) is 20.8 Å². The Labute approximate surface area is 168 Å². The molecule has 2 aromatic heterocycles. The fourth-order valence-corrected chi connectivity index (χ4v) is 3.98. The predicted octanol–water partition coefficient (Wildman–Crippen LogP) is 4.77. The van der Waals surface area contributed by atoms with Crippen molar-refractivity contribution in [3.05, 3.63) is 56.4 Å². The predicted molar refractivity (Wildman–Crippen MR) is 111 cm³/mol. The fourth-order valence-electron chi connectivity index (χ4n) is 2.36. The Kier molecular flexibility index (Phi) is 6.46. The van der Waals surface area contributed by atoms with Crippen LogP contribution in [0.4, 0.5) is 0 Å². The number of thiazole rings is 2. The molecular formula is C20H25N3O2S2. The summed E-state index contributed by atoms with van der Waals surface area (Å²) in [4.78, 5) is 9.33. The van der Waals surface area contributed by atoms with Gasteiger partial charge < -0.3 is 14.8 Å². The second-order valence-electron chi connectivity index (χ2n) is 7.19. The Morgan fingerprint density at radius 3 is 2.19 bits per heavy atom. The van der Waals surface area contributed by atoms with Crippen molar-refractivity contribution >= 4 is 22.7 Å². The molecule has 144 valence electrons. The Balaban J connectivity index is 1.44. The van der Waals surface area contributed by atoms with E-state index in [9.17, 15) is 0 Å². The van der Waals surface area contributed by atoms with Crippen LogP contribution in [0.5, 0.6) is 11.5 Å². The lowest BCUT2D eigenvalue weighted by Crippen LogP contribution is -2.15. The van der Waals surface area contributed by atoms with Crippen LogP contribution in [0, 0.1) is 0 Å². The van der Waals surface area contributed by atoms with Gasteiger partial charge in [0.1, 0.15) is 23.1 Å². The minimum absolute atomic E-state index is 0.108. The molecule has 0 fully saturated rings. The van der Waals surface area contributed by atoms with Crippen LogP contribution >= 0.6 is 22.7 Å². The van der Waals surface area contributed by atoms with Crippen LogP contribution in [-0.4, -0.2) is 17.1 Å². The van der Waals surface area contributed by atoms with E-state index in [1.807, 2.05) is 24.3 Å². The van der Waals surface area contributed by atoms with E-state index in [0.29, 0.717) is 6.61 Å². The van der Waals surface area contributed by atoms with E-state index in [1.54, 1.807) is 29.8 Å². The van der Waals surface area contributed by atoms with Crippen LogP contribution in [0.3, 0.4) is 0 Å². The molecule has 1 aromatic carbocycles. The van der Waals surface area contributed by atoms with E-state index in [4.69, 9.17) is 14.5 Å². The van der Waals surface area contributed by atoms with E-state index in [2.05, 4.69) is 41.8 Å². The highest BCUT2D eigenvalue weighted by Gasteiger charge is 2.17. The van der Waals surface area contributed by atoms with Crippen LogP contribution in [-0.2, 0) is 25.1 Å². The number of benzene rings is 1. The molecule has 0 aliphatic rings. The first-order valence-corrected chi connectivity index (χ1v) is 10.6. The van der Waals surface area contributed by atoms with Crippen molar-refractivity contribution in [3.63, 3.8) is 0 Å². The molecule has 0 aliphatic carbocycles. The van der Waals surface area contributed by atoms with Crippen molar-refractivity contribution in [2.24, 2.45) is 0 Å². The van der Waals surface area contributed by atoms with Crippen molar-refractivity contribution in [1.82, 2.24) is 15.3 Å². The smallest absolute Gasteiger partial charge is 0.140 e. The van der Waals surface area contributed by atoms with Crippen molar-refractivity contribution in [2.75, 3.05) is 7.11 Å². The summed E-state index contributed by atoms with van der Waals surface area (Å²) >= 11 is 3.34. The summed E-state index contributed by atoms with van der Waals surface area (Å²) in [6, 6.07) is 7.56. The molecule has 0 aliphatic heterocycles. The zero-order valence-electron chi connectivity index (χ0n) is 16.1. The molecular weight excluding hydrogens is 378 g/mol. The number of methoxy groups -OCH3 is 1. The Morgan fingerprint density at radius 1 is 0.926 bits per heavy atom. The lowest BCUT2D eigenvalue weighted by Gasteiger charge is -2.13. The van der Waals surface area contributed by atoms with Gasteiger partial charge in [0.2, 0.25) is 0 Å². The van der Waals surface area contributed by atoms with Crippen LogP contribution in [0.25, 0.3) is 0 Å².